The summed E-state index contributed by atoms with van der Waals surface area (Å²) in [5, 5.41) is 12.3. The predicted molar refractivity (Wildman–Crippen MR) is 58.8 cm³/mol. The Hall–Kier alpha value is -1.63. The van der Waals surface area contributed by atoms with E-state index in [1.54, 1.807) is 7.05 Å². The lowest BCUT2D eigenvalue weighted by Crippen LogP contribution is -2.24. The largest absolute Gasteiger partial charge is 0.467 e. The lowest BCUT2D eigenvalue weighted by Gasteiger charge is -2.16. The molecule has 0 aromatic carbocycles. The van der Waals surface area contributed by atoms with E-state index < -0.39 is 0 Å². The van der Waals surface area contributed by atoms with Crippen LogP contribution in [0.2, 0.25) is 0 Å². The second-order valence-corrected chi connectivity index (χ2v) is 3.58. The number of aromatic nitrogens is 3. The number of β-amino-alcohol motifs (C(OH)–C–C–N with tert-alkyl or cyclic N) is 1. The van der Waals surface area contributed by atoms with E-state index in [1.807, 2.05) is 4.90 Å². The standard InChI is InChI=1S/C9H15N5O2/c1-10-7-11-8(13-9(12-7)16-2)14-4-3-6(15)5-14/h6,15H,3-5H2,1-2H3,(H,10,11,12,13). The Morgan fingerprint density at radius 1 is 1.44 bits per heavy atom. The van der Waals surface area contributed by atoms with Gasteiger partial charge in [0.1, 0.15) is 0 Å². The number of ether oxygens (including phenoxy) is 1. The van der Waals surface area contributed by atoms with Crippen LogP contribution in [0.3, 0.4) is 0 Å². The fourth-order valence-electron chi connectivity index (χ4n) is 1.61. The SMILES string of the molecule is CNc1nc(OC)nc(N2CCC(O)C2)n1. The molecule has 1 atom stereocenters. The molecule has 0 saturated carbocycles. The minimum atomic E-state index is -0.305. The van der Waals surface area contributed by atoms with Crippen molar-refractivity contribution < 1.29 is 9.84 Å². The molecule has 0 bridgehead atoms. The molecule has 1 aliphatic rings. The van der Waals surface area contributed by atoms with Crippen LogP contribution >= 0.6 is 0 Å². The Kier molecular flexibility index (Phi) is 3.04. The van der Waals surface area contributed by atoms with Gasteiger partial charge in [0.05, 0.1) is 13.2 Å². The maximum absolute atomic E-state index is 9.45. The fraction of sp³-hybridized carbons (Fsp3) is 0.667. The van der Waals surface area contributed by atoms with Crippen LogP contribution in [-0.2, 0) is 0 Å². The van der Waals surface area contributed by atoms with E-state index in [4.69, 9.17) is 4.74 Å². The average molecular weight is 225 g/mol. The summed E-state index contributed by atoms with van der Waals surface area (Å²) in [5.41, 5.74) is 0. The number of hydrogen-bond acceptors (Lipinski definition) is 7. The fourth-order valence-corrected chi connectivity index (χ4v) is 1.61. The Balaban J connectivity index is 2.25. The van der Waals surface area contributed by atoms with Crippen molar-refractivity contribution >= 4 is 11.9 Å². The van der Waals surface area contributed by atoms with Gasteiger partial charge in [-0.1, -0.05) is 0 Å². The van der Waals surface area contributed by atoms with Gasteiger partial charge in [-0.05, 0) is 6.42 Å². The highest BCUT2D eigenvalue weighted by atomic mass is 16.5. The van der Waals surface area contributed by atoms with E-state index in [9.17, 15) is 5.11 Å². The molecule has 2 heterocycles. The third-order valence-corrected chi connectivity index (χ3v) is 2.46. The van der Waals surface area contributed by atoms with Crippen LogP contribution in [0, 0.1) is 0 Å². The first-order valence-electron chi connectivity index (χ1n) is 5.13. The molecule has 1 aromatic rings. The van der Waals surface area contributed by atoms with E-state index in [2.05, 4.69) is 20.3 Å². The van der Waals surface area contributed by atoms with Crippen LogP contribution in [0.5, 0.6) is 6.01 Å². The Morgan fingerprint density at radius 3 is 2.81 bits per heavy atom. The van der Waals surface area contributed by atoms with Crippen molar-refractivity contribution in [2.24, 2.45) is 0 Å². The van der Waals surface area contributed by atoms with E-state index in [0.29, 0.717) is 18.4 Å². The van der Waals surface area contributed by atoms with Crippen molar-refractivity contribution in [1.29, 1.82) is 0 Å². The first-order chi connectivity index (χ1) is 7.72. The molecule has 1 aromatic heterocycles. The van der Waals surface area contributed by atoms with Gasteiger partial charge in [0.15, 0.2) is 0 Å². The number of nitrogens with zero attached hydrogens (tertiary/aromatic N) is 4. The van der Waals surface area contributed by atoms with Gasteiger partial charge in [0.2, 0.25) is 11.9 Å². The monoisotopic (exact) mass is 225 g/mol. The highest BCUT2D eigenvalue weighted by molar-refractivity contribution is 5.39. The third kappa shape index (κ3) is 2.13. The van der Waals surface area contributed by atoms with Crippen LogP contribution in [0.1, 0.15) is 6.42 Å². The predicted octanol–water partition coefficient (Wildman–Crippen LogP) is -0.507. The molecule has 1 unspecified atom stereocenters. The molecule has 0 amide bonds. The van der Waals surface area contributed by atoms with Gasteiger partial charge in [0, 0.05) is 20.1 Å². The number of methoxy groups -OCH3 is 1. The van der Waals surface area contributed by atoms with Gasteiger partial charge >= 0.3 is 6.01 Å². The van der Waals surface area contributed by atoms with Crippen molar-refractivity contribution in [3.8, 4) is 6.01 Å². The topological polar surface area (TPSA) is 83.4 Å². The molecular weight excluding hydrogens is 210 g/mol. The quantitative estimate of drug-likeness (QED) is 0.717. The summed E-state index contributed by atoms with van der Waals surface area (Å²) in [7, 11) is 3.24. The van der Waals surface area contributed by atoms with E-state index in [0.717, 1.165) is 13.0 Å². The molecule has 7 nitrogen and oxygen atoms in total. The van der Waals surface area contributed by atoms with Crippen molar-refractivity contribution in [2.45, 2.75) is 12.5 Å². The van der Waals surface area contributed by atoms with Crippen LogP contribution in [-0.4, -0.2) is 53.4 Å². The summed E-state index contributed by atoms with van der Waals surface area (Å²) in [4.78, 5) is 14.3. The second kappa shape index (κ2) is 4.48. The molecule has 1 fully saturated rings. The molecule has 1 saturated heterocycles. The third-order valence-electron chi connectivity index (χ3n) is 2.46. The molecule has 0 radical (unpaired) electrons. The van der Waals surface area contributed by atoms with Gasteiger partial charge < -0.3 is 20.1 Å². The van der Waals surface area contributed by atoms with Crippen LogP contribution < -0.4 is 15.0 Å². The smallest absolute Gasteiger partial charge is 0.322 e. The summed E-state index contributed by atoms with van der Waals surface area (Å²) in [6.07, 6.45) is 0.434. The molecule has 0 spiro atoms. The molecule has 7 heteroatoms. The maximum Gasteiger partial charge on any atom is 0.322 e. The molecule has 2 rings (SSSR count). The first kappa shape index (κ1) is 10.9. The zero-order valence-corrected chi connectivity index (χ0v) is 9.34. The summed E-state index contributed by atoms with van der Waals surface area (Å²) < 4.78 is 4.99. The summed E-state index contributed by atoms with van der Waals surface area (Å²) >= 11 is 0. The zero-order valence-electron chi connectivity index (χ0n) is 9.34. The van der Waals surface area contributed by atoms with E-state index >= 15 is 0 Å². The number of rotatable bonds is 3. The van der Waals surface area contributed by atoms with Gasteiger partial charge in [-0.25, -0.2) is 0 Å². The van der Waals surface area contributed by atoms with Crippen LogP contribution in [0.15, 0.2) is 0 Å². The summed E-state index contributed by atoms with van der Waals surface area (Å²) in [6, 6.07) is 0.274. The molecule has 16 heavy (non-hydrogen) atoms. The number of hydrogen-bond donors (Lipinski definition) is 2. The van der Waals surface area contributed by atoms with Gasteiger partial charge in [-0.15, -0.1) is 0 Å². The highest BCUT2D eigenvalue weighted by Crippen LogP contribution is 2.19. The minimum absolute atomic E-state index is 0.274. The normalized spacial score (nSPS) is 19.9. The molecule has 88 valence electrons. The van der Waals surface area contributed by atoms with E-state index in [-0.39, 0.29) is 12.1 Å². The van der Waals surface area contributed by atoms with Crippen LogP contribution in [0.25, 0.3) is 0 Å². The number of nitrogens with one attached hydrogen (secondary N) is 1. The lowest BCUT2D eigenvalue weighted by molar-refractivity contribution is 0.198. The number of anilines is 2. The summed E-state index contributed by atoms with van der Waals surface area (Å²) in [6.45, 7) is 1.30. The molecule has 0 aliphatic carbocycles. The van der Waals surface area contributed by atoms with E-state index in [1.165, 1.54) is 7.11 Å². The number of aliphatic hydroxyl groups is 1. The Morgan fingerprint density at radius 2 is 2.25 bits per heavy atom. The lowest BCUT2D eigenvalue weighted by atomic mass is 10.3. The molecule has 1 aliphatic heterocycles. The van der Waals surface area contributed by atoms with Crippen molar-refractivity contribution in [1.82, 2.24) is 15.0 Å². The van der Waals surface area contributed by atoms with Gasteiger partial charge in [0.25, 0.3) is 0 Å². The Bertz CT molecular complexity index is 351. The van der Waals surface area contributed by atoms with Crippen molar-refractivity contribution in [3.05, 3.63) is 0 Å². The van der Waals surface area contributed by atoms with Crippen LogP contribution in [0.4, 0.5) is 11.9 Å². The highest BCUT2D eigenvalue weighted by Gasteiger charge is 2.23. The number of aliphatic hydroxyl groups excluding tert-OH is 1. The molecule has 2 N–H and O–H groups in total. The van der Waals surface area contributed by atoms with Crippen molar-refractivity contribution in [2.75, 3.05) is 37.5 Å². The van der Waals surface area contributed by atoms with Gasteiger partial charge in [-0.3, -0.25) is 0 Å². The first-order valence-corrected chi connectivity index (χ1v) is 5.13. The summed E-state index contributed by atoms with van der Waals surface area (Å²) in [5.74, 6) is 0.996. The average Bonchev–Trinajstić information content (AvgIpc) is 2.75. The second-order valence-electron chi connectivity index (χ2n) is 3.58. The Labute approximate surface area is 93.5 Å². The molecular formula is C9H15N5O2. The zero-order chi connectivity index (χ0) is 11.5. The maximum atomic E-state index is 9.45. The minimum Gasteiger partial charge on any atom is -0.467 e. The van der Waals surface area contributed by atoms with Gasteiger partial charge in [-0.2, -0.15) is 15.0 Å². The van der Waals surface area contributed by atoms with Crippen molar-refractivity contribution in [3.63, 3.8) is 0 Å².